The summed E-state index contributed by atoms with van der Waals surface area (Å²) >= 11 is 0. The average molecular weight is 417 g/mol. The summed E-state index contributed by atoms with van der Waals surface area (Å²) in [5.74, 6) is -0.963. The summed E-state index contributed by atoms with van der Waals surface area (Å²) in [6.45, 7) is -0.498. The smallest absolute Gasteiger partial charge is 0.252 e. The Balaban J connectivity index is 1.66. The number of hydrogen-bond acceptors (Lipinski definition) is 5. The molecule has 1 saturated carbocycles. The zero-order chi connectivity index (χ0) is 20.9. The monoisotopic (exact) mass is 417 g/mol. The lowest BCUT2D eigenvalue weighted by Crippen LogP contribution is -2.36. The van der Waals surface area contributed by atoms with Crippen molar-refractivity contribution in [1.29, 1.82) is 0 Å². The minimum Gasteiger partial charge on any atom is -0.508 e. The van der Waals surface area contributed by atoms with Gasteiger partial charge in [0, 0.05) is 11.7 Å². The highest BCUT2D eigenvalue weighted by molar-refractivity contribution is 7.89. The van der Waals surface area contributed by atoms with Gasteiger partial charge in [-0.05, 0) is 49.2 Å². The second-order valence-corrected chi connectivity index (χ2v) is 8.61. The Morgan fingerprint density at radius 1 is 1.00 bits per heavy atom. The third-order valence-electron chi connectivity index (χ3n) is 4.69. The molecule has 0 unspecified atom stereocenters. The van der Waals surface area contributed by atoms with E-state index in [1.54, 1.807) is 6.07 Å². The van der Waals surface area contributed by atoms with Crippen molar-refractivity contribution in [2.45, 2.75) is 36.6 Å². The SMILES string of the molecule is O=C(CNS(=O)(=O)c1ccccc1C(=O)NC1CCCC1)Nc1ccc(O)cc1. The van der Waals surface area contributed by atoms with Crippen LogP contribution in [0.25, 0.3) is 0 Å². The van der Waals surface area contributed by atoms with Gasteiger partial charge in [-0.15, -0.1) is 0 Å². The predicted molar refractivity (Wildman–Crippen MR) is 108 cm³/mol. The van der Waals surface area contributed by atoms with Crippen molar-refractivity contribution in [2.24, 2.45) is 0 Å². The van der Waals surface area contributed by atoms with Crippen molar-refractivity contribution in [3.63, 3.8) is 0 Å². The molecule has 8 nitrogen and oxygen atoms in total. The van der Waals surface area contributed by atoms with Crippen molar-refractivity contribution in [3.05, 3.63) is 54.1 Å². The summed E-state index contributed by atoms with van der Waals surface area (Å²) < 4.78 is 27.6. The van der Waals surface area contributed by atoms with Gasteiger partial charge in [0.25, 0.3) is 5.91 Å². The fourth-order valence-corrected chi connectivity index (χ4v) is 4.39. The number of hydrogen-bond donors (Lipinski definition) is 4. The molecule has 0 heterocycles. The molecule has 0 spiro atoms. The predicted octanol–water partition coefficient (Wildman–Crippen LogP) is 1.98. The number of phenolic OH excluding ortho intramolecular Hbond substituents is 1. The first kappa shape index (κ1) is 20.8. The number of rotatable bonds is 7. The van der Waals surface area contributed by atoms with E-state index in [0.717, 1.165) is 25.7 Å². The average Bonchev–Trinajstić information content (AvgIpc) is 3.21. The molecule has 3 rings (SSSR count). The molecule has 0 radical (unpaired) electrons. The largest absolute Gasteiger partial charge is 0.508 e. The second kappa shape index (κ2) is 9.06. The Bertz CT molecular complexity index is 983. The number of aromatic hydroxyl groups is 1. The third kappa shape index (κ3) is 5.55. The molecule has 0 atom stereocenters. The van der Waals surface area contributed by atoms with E-state index in [4.69, 9.17) is 0 Å². The molecule has 1 aliphatic carbocycles. The Kier molecular flexibility index (Phi) is 6.50. The maximum absolute atomic E-state index is 12.7. The van der Waals surface area contributed by atoms with Crippen LogP contribution in [-0.4, -0.2) is 37.9 Å². The van der Waals surface area contributed by atoms with Crippen LogP contribution in [0.4, 0.5) is 5.69 Å². The van der Waals surface area contributed by atoms with Crippen molar-refractivity contribution in [1.82, 2.24) is 10.0 Å². The standard InChI is InChI=1S/C20H23N3O5S/c24-16-11-9-15(10-12-16)22-19(25)13-21-29(27,28)18-8-4-3-7-17(18)20(26)23-14-5-1-2-6-14/h3-4,7-12,14,21,24H,1-2,5-6,13H2,(H,22,25)(H,23,26). The van der Waals surface area contributed by atoms with Crippen LogP contribution < -0.4 is 15.4 Å². The number of benzene rings is 2. The van der Waals surface area contributed by atoms with Crippen LogP contribution in [0.1, 0.15) is 36.0 Å². The highest BCUT2D eigenvalue weighted by atomic mass is 32.2. The number of carbonyl (C=O) groups is 2. The number of phenols is 1. The molecule has 1 aliphatic rings. The van der Waals surface area contributed by atoms with Gasteiger partial charge in [-0.1, -0.05) is 25.0 Å². The Hall–Kier alpha value is -2.91. The summed E-state index contributed by atoms with van der Waals surface area (Å²) in [6.07, 6.45) is 3.86. The lowest BCUT2D eigenvalue weighted by Gasteiger charge is -2.15. The molecule has 2 aromatic rings. The lowest BCUT2D eigenvalue weighted by molar-refractivity contribution is -0.115. The van der Waals surface area contributed by atoms with Gasteiger partial charge in [-0.2, -0.15) is 0 Å². The van der Waals surface area contributed by atoms with E-state index in [-0.39, 0.29) is 22.3 Å². The van der Waals surface area contributed by atoms with E-state index in [1.165, 1.54) is 42.5 Å². The van der Waals surface area contributed by atoms with Gasteiger partial charge in [0.15, 0.2) is 0 Å². The van der Waals surface area contributed by atoms with E-state index in [0.29, 0.717) is 5.69 Å². The van der Waals surface area contributed by atoms with Crippen LogP contribution in [-0.2, 0) is 14.8 Å². The van der Waals surface area contributed by atoms with E-state index < -0.39 is 28.4 Å². The maximum Gasteiger partial charge on any atom is 0.252 e. The zero-order valence-electron chi connectivity index (χ0n) is 15.7. The maximum atomic E-state index is 12.7. The molecule has 9 heteroatoms. The van der Waals surface area contributed by atoms with Gasteiger partial charge in [0.1, 0.15) is 5.75 Å². The van der Waals surface area contributed by atoms with E-state index in [9.17, 15) is 23.1 Å². The van der Waals surface area contributed by atoms with Crippen LogP contribution in [0.3, 0.4) is 0 Å². The summed E-state index contributed by atoms with van der Waals surface area (Å²) in [5.41, 5.74) is 0.467. The number of sulfonamides is 1. The summed E-state index contributed by atoms with van der Waals surface area (Å²) in [7, 11) is -4.08. The van der Waals surface area contributed by atoms with Crippen LogP contribution >= 0.6 is 0 Å². The number of nitrogens with one attached hydrogen (secondary N) is 3. The van der Waals surface area contributed by atoms with Crippen LogP contribution in [0.5, 0.6) is 5.75 Å². The van der Waals surface area contributed by atoms with Crippen LogP contribution in [0, 0.1) is 0 Å². The zero-order valence-corrected chi connectivity index (χ0v) is 16.5. The van der Waals surface area contributed by atoms with Crippen LogP contribution in [0.2, 0.25) is 0 Å². The second-order valence-electron chi connectivity index (χ2n) is 6.87. The van der Waals surface area contributed by atoms with E-state index in [2.05, 4.69) is 15.4 Å². The molecule has 4 N–H and O–H groups in total. The summed E-state index contributed by atoms with van der Waals surface area (Å²) in [6, 6.07) is 11.8. The highest BCUT2D eigenvalue weighted by Crippen LogP contribution is 2.20. The molecule has 1 fully saturated rings. The lowest BCUT2D eigenvalue weighted by atomic mass is 10.2. The first-order valence-electron chi connectivity index (χ1n) is 9.33. The van der Waals surface area contributed by atoms with Gasteiger partial charge >= 0.3 is 0 Å². The third-order valence-corrected chi connectivity index (χ3v) is 6.14. The van der Waals surface area contributed by atoms with E-state index in [1.807, 2.05) is 0 Å². The minimum atomic E-state index is -4.08. The fourth-order valence-electron chi connectivity index (χ4n) is 3.21. The van der Waals surface area contributed by atoms with Crippen molar-refractivity contribution >= 4 is 27.5 Å². The van der Waals surface area contributed by atoms with Crippen molar-refractivity contribution in [2.75, 3.05) is 11.9 Å². The van der Waals surface area contributed by atoms with Gasteiger partial charge in [0.2, 0.25) is 15.9 Å². The number of anilines is 1. The highest BCUT2D eigenvalue weighted by Gasteiger charge is 2.25. The molecule has 154 valence electrons. The fraction of sp³-hybridized carbons (Fsp3) is 0.300. The Morgan fingerprint density at radius 3 is 2.34 bits per heavy atom. The van der Waals surface area contributed by atoms with Crippen molar-refractivity contribution < 1.29 is 23.1 Å². The van der Waals surface area contributed by atoms with Gasteiger partial charge in [-0.25, -0.2) is 13.1 Å². The number of amides is 2. The topological polar surface area (TPSA) is 125 Å². The minimum absolute atomic E-state index is 0.0471. The molecular formula is C20H23N3O5S. The van der Waals surface area contributed by atoms with Gasteiger partial charge < -0.3 is 15.7 Å². The Labute approximate surface area is 169 Å². The summed E-state index contributed by atoms with van der Waals surface area (Å²) in [5, 5.41) is 14.7. The quantitative estimate of drug-likeness (QED) is 0.513. The Morgan fingerprint density at radius 2 is 1.66 bits per heavy atom. The molecule has 0 aromatic heterocycles. The number of carbonyl (C=O) groups excluding carboxylic acids is 2. The van der Waals surface area contributed by atoms with Gasteiger partial charge in [0.05, 0.1) is 17.0 Å². The summed E-state index contributed by atoms with van der Waals surface area (Å²) in [4.78, 5) is 24.4. The van der Waals surface area contributed by atoms with Crippen molar-refractivity contribution in [3.8, 4) is 5.75 Å². The molecule has 0 saturated heterocycles. The van der Waals surface area contributed by atoms with Gasteiger partial charge in [-0.3, -0.25) is 9.59 Å². The molecule has 29 heavy (non-hydrogen) atoms. The normalized spacial score (nSPS) is 14.5. The molecule has 0 aliphatic heterocycles. The molecule has 2 aromatic carbocycles. The molecule has 0 bridgehead atoms. The molecular weight excluding hydrogens is 394 g/mol. The molecule has 2 amide bonds. The van der Waals surface area contributed by atoms with Crippen LogP contribution in [0.15, 0.2) is 53.4 Å². The van der Waals surface area contributed by atoms with E-state index >= 15 is 0 Å². The first-order chi connectivity index (χ1) is 13.8. The first-order valence-corrected chi connectivity index (χ1v) is 10.8.